The average molecular weight is 647 g/mol. The van der Waals surface area contributed by atoms with Crippen LogP contribution in [0.5, 0.6) is 0 Å². The summed E-state index contributed by atoms with van der Waals surface area (Å²) in [6, 6.07) is 66.2. The molecule has 0 bridgehead atoms. The maximum absolute atomic E-state index is 6.98. The average Bonchev–Trinajstić information content (AvgIpc) is 3.57. The highest BCUT2D eigenvalue weighted by molar-refractivity contribution is 6.29. The second kappa shape index (κ2) is 10.9. The van der Waals surface area contributed by atoms with Crippen LogP contribution < -0.4 is 0 Å². The highest BCUT2D eigenvalue weighted by Gasteiger charge is 2.23. The molecule has 51 heavy (non-hydrogen) atoms. The molecule has 11 aromatic rings. The fourth-order valence-electron chi connectivity index (χ4n) is 8.59. The van der Waals surface area contributed by atoms with Gasteiger partial charge in [-0.25, -0.2) is 0 Å². The van der Waals surface area contributed by atoms with Gasteiger partial charge in [0.15, 0.2) is 0 Å². The minimum Gasteiger partial charge on any atom is -0.455 e. The highest BCUT2D eigenvalue weighted by Crippen LogP contribution is 2.49. The maximum atomic E-state index is 6.98. The van der Waals surface area contributed by atoms with Crippen LogP contribution in [-0.2, 0) is 0 Å². The number of fused-ring (bicyclic) bond motifs is 9. The van der Waals surface area contributed by atoms with Gasteiger partial charge < -0.3 is 4.42 Å². The van der Waals surface area contributed by atoms with Gasteiger partial charge in [0.1, 0.15) is 11.2 Å². The molecule has 0 aliphatic heterocycles. The van der Waals surface area contributed by atoms with E-state index in [0.717, 1.165) is 22.1 Å². The molecule has 1 aromatic heterocycles. The predicted octanol–water partition coefficient (Wildman–Crippen LogP) is 14.4. The van der Waals surface area contributed by atoms with Crippen molar-refractivity contribution >= 4 is 75.8 Å². The Labute approximate surface area is 294 Å². The Morgan fingerprint density at radius 3 is 1.41 bits per heavy atom. The Hall–Kier alpha value is -6.70. The largest absolute Gasteiger partial charge is 0.455 e. The van der Waals surface area contributed by atoms with Crippen LogP contribution >= 0.6 is 0 Å². The van der Waals surface area contributed by atoms with Gasteiger partial charge >= 0.3 is 0 Å². The standard InChI is InChI=1S/C50H30O/c1-2-14-31(15-3-1)35-26-27-43(38-21-9-8-20-37(35)38)47-39-22-10-12-24-41(39)48(42-25-13-11-23-40(42)47)45-29-34-18-6-7-19-36(34)49-44-28-32-16-4-5-17-33(32)30-46(44)51-50(45)49/h1-30H. The van der Waals surface area contributed by atoms with Crippen molar-refractivity contribution in [2.75, 3.05) is 0 Å². The van der Waals surface area contributed by atoms with E-state index in [1.54, 1.807) is 0 Å². The minimum absolute atomic E-state index is 0.913. The summed E-state index contributed by atoms with van der Waals surface area (Å²) < 4.78 is 6.98. The van der Waals surface area contributed by atoms with Crippen LogP contribution in [0.1, 0.15) is 0 Å². The van der Waals surface area contributed by atoms with E-state index in [2.05, 4.69) is 182 Å². The first kappa shape index (κ1) is 28.2. The zero-order valence-corrected chi connectivity index (χ0v) is 27.7. The third-order valence-corrected chi connectivity index (χ3v) is 10.8. The van der Waals surface area contributed by atoms with Gasteiger partial charge in [-0.1, -0.05) is 164 Å². The van der Waals surface area contributed by atoms with E-state index >= 15 is 0 Å². The molecular weight excluding hydrogens is 617 g/mol. The van der Waals surface area contributed by atoms with Gasteiger partial charge in [0.2, 0.25) is 0 Å². The highest BCUT2D eigenvalue weighted by atomic mass is 16.3. The van der Waals surface area contributed by atoms with E-state index in [1.807, 2.05) is 0 Å². The van der Waals surface area contributed by atoms with Crippen molar-refractivity contribution in [3.63, 3.8) is 0 Å². The van der Waals surface area contributed by atoms with Gasteiger partial charge in [0.25, 0.3) is 0 Å². The van der Waals surface area contributed by atoms with Crippen molar-refractivity contribution in [2.24, 2.45) is 0 Å². The quantitative estimate of drug-likeness (QED) is 0.174. The van der Waals surface area contributed by atoms with Crippen LogP contribution in [0.15, 0.2) is 186 Å². The Balaban J connectivity index is 1.28. The van der Waals surface area contributed by atoms with Crippen molar-refractivity contribution in [2.45, 2.75) is 0 Å². The molecular formula is C50H30O. The fourth-order valence-corrected chi connectivity index (χ4v) is 8.59. The van der Waals surface area contributed by atoms with Gasteiger partial charge in [-0.15, -0.1) is 0 Å². The molecule has 0 saturated heterocycles. The SMILES string of the molecule is c1ccc(-c2ccc(-c3c4ccccc4c(-c4cc5ccccc5c5c4oc4cc6ccccc6cc45)c4ccccc34)c3ccccc23)cc1. The number of hydrogen-bond donors (Lipinski definition) is 0. The van der Waals surface area contributed by atoms with E-state index < -0.39 is 0 Å². The van der Waals surface area contributed by atoms with E-state index in [0.29, 0.717) is 0 Å². The first-order valence-electron chi connectivity index (χ1n) is 17.6. The summed E-state index contributed by atoms with van der Waals surface area (Å²) in [5.41, 5.74) is 9.13. The molecule has 0 fully saturated rings. The zero-order chi connectivity index (χ0) is 33.5. The Kier molecular flexibility index (Phi) is 6.02. The topological polar surface area (TPSA) is 13.1 Å². The second-order valence-corrected chi connectivity index (χ2v) is 13.6. The molecule has 0 saturated carbocycles. The number of furan rings is 1. The third kappa shape index (κ3) is 4.16. The summed E-state index contributed by atoms with van der Waals surface area (Å²) in [6.45, 7) is 0. The molecule has 0 unspecified atom stereocenters. The van der Waals surface area contributed by atoms with Crippen molar-refractivity contribution in [3.05, 3.63) is 182 Å². The molecule has 11 rings (SSSR count). The Morgan fingerprint density at radius 1 is 0.294 bits per heavy atom. The van der Waals surface area contributed by atoms with Crippen LogP contribution in [0.25, 0.3) is 109 Å². The van der Waals surface area contributed by atoms with Gasteiger partial charge in [-0.05, 0) is 94.3 Å². The maximum Gasteiger partial charge on any atom is 0.143 e. The lowest BCUT2D eigenvalue weighted by molar-refractivity contribution is 0.671. The summed E-state index contributed by atoms with van der Waals surface area (Å²) in [7, 11) is 0. The van der Waals surface area contributed by atoms with Crippen LogP contribution in [0.2, 0.25) is 0 Å². The van der Waals surface area contributed by atoms with Crippen molar-refractivity contribution in [1.29, 1.82) is 0 Å². The van der Waals surface area contributed by atoms with Gasteiger partial charge in [-0.2, -0.15) is 0 Å². The van der Waals surface area contributed by atoms with Crippen LogP contribution in [0, 0.1) is 0 Å². The smallest absolute Gasteiger partial charge is 0.143 e. The predicted molar refractivity (Wildman–Crippen MR) is 218 cm³/mol. The molecule has 1 heterocycles. The molecule has 0 radical (unpaired) electrons. The molecule has 0 N–H and O–H groups in total. The molecule has 0 spiro atoms. The molecule has 0 amide bonds. The molecule has 0 aliphatic carbocycles. The van der Waals surface area contributed by atoms with E-state index in [1.165, 1.54) is 87.1 Å². The monoisotopic (exact) mass is 646 g/mol. The van der Waals surface area contributed by atoms with Crippen LogP contribution in [-0.4, -0.2) is 0 Å². The van der Waals surface area contributed by atoms with E-state index in [9.17, 15) is 0 Å². The summed E-state index contributed by atoms with van der Waals surface area (Å²) in [5.74, 6) is 0. The van der Waals surface area contributed by atoms with Crippen LogP contribution in [0.4, 0.5) is 0 Å². The van der Waals surface area contributed by atoms with Crippen molar-refractivity contribution in [3.8, 4) is 33.4 Å². The number of benzene rings is 10. The van der Waals surface area contributed by atoms with Crippen molar-refractivity contribution in [1.82, 2.24) is 0 Å². The molecule has 10 aromatic carbocycles. The number of rotatable bonds is 3. The van der Waals surface area contributed by atoms with Crippen LogP contribution in [0.3, 0.4) is 0 Å². The molecule has 236 valence electrons. The Bertz CT molecular complexity index is 3130. The van der Waals surface area contributed by atoms with E-state index in [4.69, 9.17) is 4.42 Å². The summed E-state index contributed by atoms with van der Waals surface area (Å²) in [6.07, 6.45) is 0. The molecule has 1 heteroatoms. The van der Waals surface area contributed by atoms with E-state index in [-0.39, 0.29) is 0 Å². The third-order valence-electron chi connectivity index (χ3n) is 10.8. The minimum atomic E-state index is 0.913. The summed E-state index contributed by atoms with van der Waals surface area (Å²) in [4.78, 5) is 0. The fraction of sp³-hybridized carbons (Fsp3) is 0. The summed E-state index contributed by atoms with van der Waals surface area (Å²) >= 11 is 0. The molecule has 0 aliphatic rings. The zero-order valence-electron chi connectivity index (χ0n) is 27.7. The second-order valence-electron chi connectivity index (χ2n) is 13.6. The first-order chi connectivity index (χ1) is 25.3. The van der Waals surface area contributed by atoms with Gasteiger partial charge in [0, 0.05) is 21.9 Å². The van der Waals surface area contributed by atoms with Crippen molar-refractivity contribution < 1.29 is 4.42 Å². The normalized spacial score (nSPS) is 11.9. The van der Waals surface area contributed by atoms with Gasteiger partial charge in [-0.3, -0.25) is 0 Å². The lowest BCUT2D eigenvalue weighted by atomic mass is 9.83. The lowest BCUT2D eigenvalue weighted by Crippen LogP contribution is -1.93. The lowest BCUT2D eigenvalue weighted by Gasteiger charge is -2.20. The molecule has 1 nitrogen and oxygen atoms in total. The number of hydrogen-bond acceptors (Lipinski definition) is 1. The first-order valence-corrected chi connectivity index (χ1v) is 17.6. The molecule has 0 atom stereocenters. The summed E-state index contributed by atoms with van der Waals surface area (Å²) in [5, 5.41) is 14.5. The Morgan fingerprint density at radius 2 is 0.765 bits per heavy atom. The van der Waals surface area contributed by atoms with Gasteiger partial charge in [0.05, 0.1) is 0 Å².